The standard InChI is InChI=1S/C8H10BrClN2O/c1-8(11,4-13)5-2-3-6(9)12-7(5)10/h2-3,13H,4,11H2,1H3/t8-/m1/s1. The second-order valence-electron chi connectivity index (χ2n) is 3.05. The third-order valence-corrected chi connectivity index (χ3v) is 2.49. The molecule has 0 radical (unpaired) electrons. The summed E-state index contributed by atoms with van der Waals surface area (Å²) in [5.41, 5.74) is 5.59. The first-order chi connectivity index (χ1) is 5.97. The number of rotatable bonds is 2. The average Bonchev–Trinajstić information content (AvgIpc) is 2.03. The van der Waals surface area contributed by atoms with Gasteiger partial charge in [0.1, 0.15) is 9.76 Å². The molecule has 5 heteroatoms. The molecule has 0 aliphatic rings. The molecule has 0 aliphatic heterocycles. The van der Waals surface area contributed by atoms with Crippen LogP contribution in [0, 0.1) is 0 Å². The summed E-state index contributed by atoms with van der Waals surface area (Å²) in [4.78, 5) is 3.98. The number of nitrogens with two attached hydrogens (primary N) is 1. The maximum Gasteiger partial charge on any atom is 0.135 e. The van der Waals surface area contributed by atoms with Crippen LogP contribution in [0.4, 0.5) is 0 Å². The quantitative estimate of drug-likeness (QED) is 0.800. The monoisotopic (exact) mass is 264 g/mol. The third-order valence-electron chi connectivity index (χ3n) is 1.76. The minimum absolute atomic E-state index is 0.171. The van der Waals surface area contributed by atoms with E-state index in [2.05, 4.69) is 20.9 Å². The van der Waals surface area contributed by atoms with Crippen molar-refractivity contribution >= 4 is 27.5 Å². The zero-order valence-corrected chi connectivity index (χ0v) is 9.43. The Bertz CT molecular complexity index is 317. The maximum absolute atomic E-state index is 9.02. The van der Waals surface area contributed by atoms with E-state index in [0.29, 0.717) is 15.3 Å². The van der Waals surface area contributed by atoms with Crippen molar-refractivity contribution in [3.05, 3.63) is 27.5 Å². The molecule has 1 aromatic heterocycles. The number of nitrogens with zero attached hydrogens (tertiary/aromatic N) is 1. The van der Waals surface area contributed by atoms with E-state index in [1.165, 1.54) is 0 Å². The molecule has 3 nitrogen and oxygen atoms in total. The first-order valence-corrected chi connectivity index (χ1v) is 4.87. The Kier molecular flexibility index (Phi) is 3.29. The van der Waals surface area contributed by atoms with Crippen LogP contribution in [0.15, 0.2) is 16.7 Å². The van der Waals surface area contributed by atoms with Gasteiger partial charge in [0.25, 0.3) is 0 Å². The predicted octanol–water partition coefficient (Wildman–Crippen LogP) is 1.66. The molecule has 0 aliphatic carbocycles. The molecule has 0 unspecified atom stereocenters. The van der Waals surface area contributed by atoms with Gasteiger partial charge in [0.05, 0.1) is 12.1 Å². The van der Waals surface area contributed by atoms with Gasteiger partial charge in [-0.25, -0.2) is 4.98 Å². The lowest BCUT2D eigenvalue weighted by Gasteiger charge is -2.22. The summed E-state index contributed by atoms with van der Waals surface area (Å²) in [5, 5.41) is 9.33. The molecule has 0 aromatic carbocycles. The van der Waals surface area contributed by atoms with Crippen LogP contribution in [0.5, 0.6) is 0 Å². The Morgan fingerprint density at radius 3 is 2.77 bits per heavy atom. The summed E-state index contributed by atoms with van der Waals surface area (Å²) in [6, 6.07) is 3.48. The molecule has 0 spiro atoms. The predicted molar refractivity (Wildman–Crippen MR) is 55.6 cm³/mol. The summed E-state index contributed by atoms with van der Waals surface area (Å²) >= 11 is 9.05. The normalized spacial score (nSPS) is 15.5. The Morgan fingerprint density at radius 2 is 2.31 bits per heavy atom. The van der Waals surface area contributed by atoms with Crippen molar-refractivity contribution in [1.29, 1.82) is 0 Å². The Labute approximate surface area is 90.1 Å². The molecule has 3 N–H and O–H groups in total. The molecular formula is C8H10BrClN2O. The highest BCUT2D eigenvalue weighted by Gasteiger charge is 2.23. The lowest BCUT2D eigenvalue weighted by Crippen LogP contribution is -2.37. The van der Waals surface area contributed by atoms with Crippen molar-refractivity contribution < 1.29 is 5.11 Å². The van der Waals surface area contributed by atoms with Gasteiger partial charge < -0.3 is 10.8 Å². The van der Waals surface area contributed by atoms with E-state index in [-0.39, 0.29) is 6.61 Å². The van der Waals surface area contributed by atoms with Crippen molar-refractivity contribution in [2.45, 2.75) is 12.5 Å². The smallest absolute Gasteiger partial charge is 0.135 e. The zero-order chi connectivity index (χ0) is 10.1. The van der Waals surface area contributed by atoms with E-state index in [0.717, 1.165) is 0 Å². The minimum atomic E-state index is -0.842. The van der Waals surface area contributed by atoms with Gasteiger partial charge in [-0.1, -0.05) is 17.7 Å². The van der Waals surface area contributed by atoms with Crippen LogP contribution in [0.2, 0.25) is 5.15 Å². The SMILES string of the molecule is C[C@@](N)(CO)c1ccc(Br)nc1Cl. The van der Waals surface area contributed by atoms with Crippen molar-refractivity contribution in [1.82, 2.24) is 4.98 Å². The summed E-state index contributed by atoms with van der Waals surface area (Å²) in [6.07, 6.45) is 0. The van der Waals surface area contributed by atoms with Gasteiger partial charge in [-0.2, -0.15) is 0 Å². The number of aliphatic hydroxyl groups is 1. The first-order valence-electron chi connectivity index (χ1n) is 3.69. The van der Waals surface area contributed by atoms with Gasteiger partial charge in [0, 0.05) is 5.56 Å². The van der Waals surface area contributed by atoms with Crippen molar-refractivity contribution in [3.63, 3.8) is 0 Å². The first kappa shape index (κ1) is 10.9. The number of halogens is 2. The third kappa shape index (κ3) is 2.40. The molecule has 0 bridgehead atoms. The molecule has 72 valence electrons. The van der Waals surface area contributed by atoms with Crippen LogP contribution in [-0.2, 0) is 5.54 Å². The summed E-state index contributed by atoms with van der Waals surface area (Å²) < 4.78 is 0.648. The number of aromatic nitrogens is 1. The van der Waals surface area contributed by atoms with Gasteiger partial charge in [-0.3, -0.25) is 0 Å². The number of pyridine rings is 1. The highest BCUT2D eigenvalue weighted by molar-refractivity contribution is 9.10. The van der Waals surface area contributed by atoms with Crippen LogP contribution in [0.25, 0.3) is 0 Å². The van der Waals surface area contributed by atoms with E-state index in [9.17, 15) is 0 Å². The van der Waals surface area contributed by atoms with Crippen LogP contribution >= 0.6 is 27.5 Å². The molecule has 0 saturated heterocycles. The topological polar surface area (TPSA) is 59.1 Å². The highest BCUT2D eigenvalue weighted by atomic mass is 79.9. The molecule has 0 amide bonds. The van der Waals surface area contributed by atoms with E-state index in [1.54, 1.807) is 19.1 Å². The molecule has 0 saturated carbocycles. The summed E-state index contributed by atoms with van der Waals surface area (Å²) in [7, 11) is 0. The Balaban J connectivity index is 3.16. The van der Waals surface area contributed by atoms with Crippen molar-refractivity contribution in [3.8, 4) is 0 Å². The zero-order valence-electron chi connectivity index (χ0n) is 7.09. The number of hydrogen-bond donors (Lipinski definition) is 2. The fourth-order valence-corrected chi connectivity index (χ4v) is 1.70. The fraction of sp³-hybridized carbons (Fsp3) is 0.375. The lowest BCUT2D eigenvalue weighted by atomic mass is 9.96. The fourth-order valence-electron chi connectivity index (χ4n) is 0.923. The number of aliphatic hydroxyl groups excluding tert-OH is 1. The van der Waals surface area contributed by atoms with Gasteiger partial charge in [-0.05, 0) is 28.9 Å². The van der Waals surface area contributed by atoms with Crippen LogP contribution in [0.1, 0.15) is 12.5 Å². The van der Waals surface area contributed by atoms with Gasteiger partial charge in [-0.15, -0.1) is 0 Å². The van der Waals surface area contributed by atoms with Crippen molar-refractivity contribution in [2.75, 3.05) is 6.61 Å². The summed E-state index contributed by atoms with van der Waals surface area (Å²) in [6.45, 7) is 1.53. The molecule has 1 atom stereocenters. The van der Waals surface area contributed by atoms with E-state index >= 15 is 0 Å². The van der Waals surface area contributed by atoms with E-state index in [1.807, 2.05) is 0 Å². The lowest BCUT2D eigenvalue weighted by molar-refractivity contribution is 0.210. The molecule has 1 heterocycles. The molecule has 13 heavy (non-hydrogen) atoms. The van der Waals surface area contributed by atoms with E-state index < -0.39 is 5.54 Å². The highest BCUT2D eigenvalue weighted by Crippen LogP contribution is 2.25. The Morgan fingerprint density at radius 1 is 1.69 bits per heavy atom. The Hall–Kier alpha value is -0.160. The van der Waals surface area contributed by atoms with Gasteiger partial charge in [0.15, 0.2) is 0 Å². The van der Waals surface area contributed by atoms with Crippen molar-refractivity contribution in [2.24, 2.45) is 5.73 Å². The molecule has 0 fully saturated rings. The summed E-state index contributed by atoms with van der Waals surface area (Å²) in [5.74, 6) is 0. The maximum atomic E-state index is 9.02. The minimum Gasteiger partial charge on any atom is -0.394 e. The van der Waals surface area contributed by atoms with Crippen LogP contribution in [-0.4, -0.2) is 16.7 Å². The molecule has 1 aromatic rings. The van der Waals surface area contributed by atoms with Gasteiger partial charge >= 0.3 is 0 Å². The number of hydrogen-bond acceptors (Lipinski definition) is 3. The second-order valence-corrected chi connectivity index (χ2v) is 4.22. The largest absolute Gasteiger partial charge is 0.394 e. The second kappa shape index (κ2) is 3.92. The van der Waals surface area contributed by atoms with Crippen LogP contribution in [0.3, 0.4) is 0 Å². The van der Waals surface area contributed by atoms with E-state index in [4.69, 9.17) is 22.4 Å². The molecular weight excluding hydrogens is 255 g/mol. The van der Waals surface area contributed by atoms with Gasteiger partial charge in [0.2, 0.25) is 0 Å². The van der Waals surface area contributed by atoms with Crippen LogP contribution < -0.4 is 5.73 Å². The molecule has 1 rings (SSSR count). The average molecular weight is 266 g/mol.